The second-order valence-corrected chi connectivity index (χ2v) is 5.39. The SMILES string of the molecule is CC[C@H](c1ccncc1)N(CC)C(=O)Nc1cc(F)c(OC)c(F)c1. The number of nitrogens with one attached hydrogen (secondary N) is 1. The fourth-order valence-corrected chi connectivity index (χ4v) is 2.75. The standard InChI is InChI=1S/C18H21F2N3O2/c1-4-16(12-6-8-21-9-7-12)23(5-2)18(24)22-13-10-14(19)17(25-3)15(20)11-13/h6-11,16H,4-5H2,1-3H3,(H,22,24)/t16-/m1/s1. The molecule has 0 fully saturated rings. The number of benzene rings is 1. The third kappa shape index (κ3) is 4.23. The molecule has 2 aromatic rings. The molecule has 2 amide bonds. The number of rotatable bonds is 6. The molecule has 134 valence electrons. The fourth-order valence-electron chi connectivity index (χ4n) is 2.75. The number of methoxy groups -OCH3 is 1. The summed E-state index contributed by atoms with van der Waals surface area (Å²) in [5.41, 5.74) is 0.977. The minimum absolute atomic E-state index is 0.0313. The van der Waals surface area contributed by atoms with Gasteiger partial charge in [-0.15, -0.1) is 0 Å². The summed E-state index contributed by atoms with van der Waals surface area (Å²) in [6.07, 6.45) is 4.02. The largest absolute Gasteiger partial charge is 0.491 e. The predicted molar refractivity (Wildman–Crippen MR) is 91.6 cm³/mol. The number of halogens is 2. The van der Waals surface area contributed by atoms with Gasteiger partial charge in [-0.2, -0.15) is 0 Å². The van der Waals surface area contributed by atoms with Crippen molar-refractivity contribution in [3.63, 3.8) is 0 Å². The first-order chi connectivity index (χ1) is 12.0. The van der Waals surface area contributed by atoms with Gasteiger partial charge in [0.2, 0.25) is 0 Å². The Morgan fingerprint density at radius 2 is 1.84 bits per heavy atom. The molecular formula is C18H21F2N3O2. The lowest BCUT2D eigenvalue weighted by Gasteiger charge is -2.30. The van der Waals surface area contributed by atoms with Crippen molar-refractivity contribution < 1.29 is 18.3 Å². The van der Waals surface area contributed by atoms with Crippen molar-refractivity contribution in [3.05, 3.63) is 53.9 Å². The van der Waals surface area contributed by atoms with Crippen molar-refractivity contribution in [2.45, 2.75) is 26.3 Å². The van der Waals surface area contributed by atoms with Crippen LogP contribution < -0.4 is 10.1 Å². The second-order valence-electron chi connectivity index (χ2n) is 5.39. The molecule has 1 N–H and O–H groups in total. The number of hydrogen-bond acceptors (Lipinski definition) is 3. The smallest absolute Gasteiger partial charge is 0.322 e. The number of hydrogen-bond donors (Lipinski definition) is 1. The van der Waals surface area contributed by atoms with Crippen LogP contribution in [-0.2, 0) is 0 Å². The maximum Gasteiger partial charge on any atom is 0.322 e. The van der Waals surface area contributed by atoms with Gasteiger partial charge in [0.1, 0.15) is 0 Å². The van der Waals surface area contributed by atoms with Crippen LogP contribution in [-0.4, -0.2) is 29.6 Å². The number of aromatic nitrogens is 1. The zero-order valence-corrected chi connectivity index (χ0v) is 14.4. The van der Waals surface area contributed by atoms with Crippen LogP contribution in [0.4, 0.5) is 19.3 Å². The van der Waals surface area contributed by atoms with Gasteiger partial charge in [0.15, 0.2) is 17.4 Å². The number of urea groups is 1. The normalized spacial score (nSPS) is 11.7. The van der Waals surface area contributed by atoms with E-state index in [2.05, 4.69) is 15.0 Å². The molecule has 0 saturated carbocycles. The number of amides is 2. The van der Waals surface area contributed by atoms with Gasteiger partial charge in [0.25, 0.3) is 0 Å². The van der Waals surface area contributed by atoms with Gasteiger partial charge in [0, 0.05) is 36.8 Å². The molecule has 0 spiro atoms. The molecule has 0 aliphatic heterocycles. The Kier molecular flexibility index (Phi) is 6.27. The molecule has 25 heavy (non-hydrogen) atoms. The first-order valence-electron chi connectivity index (χ1n) is 8.02. The monoisotopic (exact) mass is 349 g/mol. The van der Waals surface area contributed by atoms with Crippen LogP contribution in [0.1, 0.15) is 31.9 Å². The first kappa shape index (κ1) is 18.6. The molecule has 2 rings (SSSR count). The molecule has 0 bridgehead atoms. The Bertz CT molecular complexity index is 703. The predicted octanol–water partition coefficient (Wildman–Crippen LogP) is 4.37. The van der Waals surface area contributed by atoms with Crippen molar-refractivity contribution >= 4 is 11.7 Å². The van der Waals surface area contributed by atoms with Crippen molar-refractivity contribution in [3.8, 4) is 5.75 Å². The van der Waals surface area contributed by atoms with Crippen LogP contribution in [0.5, 0.6) is 5.75 Å². The van der Waals surface area contributed by atoms with Gasteiger partial charge in [-0.3, -0.25) is 4.98 Å². The third-order valence-corrected chi connectivity index (χ3v) is 3.91. The Hall–Kier alpha value is -2.70. The summed E-state index contributed by atoms with van der Waals surface area (Å²) in [4.78, 5) is 18.2. The van der Waals surface area contributed by atoms with Gasteiger partial charge in [-0.05, 0) is 31.0 Å². The Morgan fingerprint density at radius 3 is 2.32 bits per heavy atom. The van der Waals surface area contributed by atoms with Gasteiger partial charge in [-0.1, -0.05) is 6.92 Å². The second kappa shape index (κ2) is 8.41. The Morgan fingerprint density at radius 1 is 1.24 bits per heavy atom. The highest BCUT2D eigenvalue weighted by Crippen LogP contribution is 2.27. The van der Waals surface area contributed by atoms with E-state index in [9.17, 15) is 13.6 Å². The molecule has 1 aromatic heterocycles. The van der Waals surface area contributed by atoms with E-state index in [4.69, 9.17) is 0 Å². The fraction of sp³-hybridized carbons (Fsp3) is 0.333. The van der Waals surface area contributed by atoms with Gasteiger partial charge in [0.05, 0.1) is 13.2 Å². The summed E-state index contributed by atoms with van der Waals surface area (Å²) in [5.74, 6) is -2.22. The first-order valence-corrected chi connectivity index (χ1v) is 8.02. The molecule has 1 atom stereocenters. The summed E-state index contributed by atoms with van der Waals surface area (Å²) >= 11 is 0. The van der Waals surface area contributed by atoms with Crippen molar-refractivity contribution in [1.82, 2.24) is 9.88 Å². The molecule has 1 heterocycles. The quantitative estimate of drug-likeness (QED) is 0.842. The van der Waals surface area contributed by atoms with Gasteiger partial charge >= 0.3 is 6.03 Å². The van der Waals surface area contributed by atoms with Crippen LogP contribution in [0.15, 0.2) is 36.7 Å². The van der Waals surface area contributed by atoms with Crippen molar-refractivity contribution in [2.24, 2.45) is 0 Å². The topological polar surface area (TPSA) is 54.5 Å². The van der Waals surface area contributed by atoms with Crippen LogP contribution in [0, 0.1) is 11.6 Å². The third-order valence-electron chi connectivity index (χ3n) is 3.91. The number of carbonyl (C=O) groups is 1. The number of anilines is 1. The van der Waals surface area contributed by atoms with Crippen LogP contribution >= 0.6 is 0 Å². The molecule has 0 saturated heterocycles. The summed E-state index contributed by atoms with van der Waals surface area (Å²) in [5, 5.41) is 2.55. The molecule has 1 aromatic carbocycles. The summed E-state index contributed by atoms with van der Waals surface area (Å²) in [6.45, 7) is 4.25. The highest BCUT2D eigenvalue weighted by Gasteiger charge is 2.23. The lowest BCUT2D eigenvalue weighted by atomic mass is 10.0. The molecule has 0 unspecified atom stereocenters. The maximum atomic E-state index is 13.8. The highest BCUT2D eigenvalue weighted by molar-refractivity contribution is 5.89. The van der Waals surface area contributed by atoms with E-state index in [1.807, 2.05) is 26.0 Å². The number of ether oxygens (including phenoxy) is 1. The maximum absolute atomic E-state index is 13.8. The zero-order chi connectivity index (χ0) is 18.4. The molecule has 0 radical (unpaired) electrons. The minimum atomic E-state index is -0.873. The lowest BCUT2D eigenvalue weighted by molar-refractivity contribution is 0.190. The lowest BCUT2D eigenvalue weighted by Crippen LogP contribution is -2.37. The van der Waals surface area contributed by atoms with Gasteiger partial charge < -0.3 is 15.0 Å². The van der Waals surface area contributed by atoms with Crippen LogP contribution in [0.3, 0.4) is 0 Å². The summed E-state index contributed by atoms with van der Waals surface area (Å²) in [6, 6.07) is 5.14. The van der Waals surface area contributed by atoms with E-state index in [1.165, 1.54) is 7.11 Å². The van der Waals surface area contributed by atoms with Crippen molar-refractivity contribution in [1.29, 1.82) is 0 Å². The van der Waals surface area contributed by atoms with Crippen molar-refractivity contribution in [2.75, 3.05) is 19.0 Å². The van der Waals surface area contributed by atoms with E-state index in [-0.39, 0.29) is 11.7 Å². The molecule has 0 aliphatic carbocycles. The molecule has 7 heteroatoms. The average molecular weight is 349 g/mol. The Balaban J connectivity index is 2.22. The average Bonchev–Trinajstić information content (AvgIpc) is 2.59. The number of nitrogens with zero attached hydrogens (tertiary/aromatic N) is 2. The highest BCUT2D eigenvalue weighted by atomic mass is 19.1. The van der Waals surface area contributed by atoms with E-state index < -0.39 is 23.4 Å². The van der Waals surface area contributed by atoms with Crippen LogP contribution in [0.2, 0.25) is 0 Å². The summed E-state index contributed by atoms with van der Waals surface area (Å²) < 4.78 is 32.2. The molecular weight excluding hydrogens is 328 g/mol. The zero-order valence-electron chi connectivity index (χ0n) is 14.4. The number of carbonyl (C=O) groups excluding carboxylic acids is 1. The molecule has 0 aliphatic rings. The van der Waals surface area contributed by atoms with E-state index >= 15 is 0 Å². The Labute approximate surface area is 145 Å². The van der Waals surface area contributed by atoms with Gasteiger partial charge in [-0.25, -0.2) is 13.6 Å². The van der Waals surface area contributed by atoms with E-state index in [0.29, 0.717) is 13.0 Å². The summed E-state index contributed by atoms with van der Waals surface area (Å²) in [7, 11) is 1.18. The van der Waals surface area contributed by atoms with Crippen LogP contribution in [0.25, 0.3) is 0 Å². The van der Waals surface area contributed by atoms with E-state index in [0.717, 1.165) is 17.7 Å². The minimum Gasteiger partial charge on any atom is -0.491 e. The molecule has 5 nitrogen and oxygen atoms in total. The number of pyridine rings is 1. The van der Waals surface area contributed by atoms with E-state index in [1.54, 1.807) is 17.3 Å².